The maximum absolute atomic E-state index is 9.07. The topological polar surface area (TPSA) is 79.2 Å². The molecule has 1 aliphatic heterocycles. The molecule has 1 saturated heterocycles. The average molecular weight is 192 g/mol. The van der Waals surface area contributed by atoms with Crippen molar-refractivity contribution < 1.29 is 24.8 Å². The third-order valence-electron chi connectivity index (χ3n) is 2.16. The number of hydrogen-bond acceptors (Lipinski definition) is 5. The van der Waals surface area contributed by atoms with Gasteiger partial charge in [-0.2, -0.15) is 0 Å². The van der Waals surface area contributed by atoms with Crippen molar-refractivity contribution in [2.75, 3.05) is 19.8 Å². The first-order valence-corrected chi connectivity index (χ1v) is 4.20. The van der Waals surface area contributed by atoms with E-state index in [1.54, 1.807) is 13.8 Å². The van der Waals surface area contributed by atoms with Crippen molar-refractivity contribution in [3.05, 3.63) is 0 Å². The molecule has 78 valence electrons. The zero-order valence-corrected chi connectivity index (χ0v) is 7.86. The summed E-state index contributed by atoms with van der Waals surface area (Å²) in [6, 6.07) is 0. The highest BCUT2D eigenvalue weighted by atomic mass is 16.8. The Kier molecular flexibility index (Phi) is 2.94. The van der Waals surface area contributed by atoms with Gasteiger partial charge in [0.05, 0.1) is 19.8 Å². The van der Waals surface area contributed by atoms with Gasteiger partial charge >= 0.3 is 0 Å². The van der Waals surface area contributed by atoms with E-state index >= 15 is 0 Å². The quantitative estimate of drug-likeness (QED) is 0.526. The molecule has 0 unspecified atom stereocenters. The van der Waals surface area contributed by atoms with Gasteiger partial charge in [0.1, 0.15) is 11.7 Å². The molecular weight excluding hydrogens is 176 g/mol. The molecule has 0 aromatic carbocycles. The highest BCUT2D eigenvalue weighted by Gasteiger charge is 2.52. The van der Waals surface area contributed by atoms with E-state index in [-0.39, 0.29) is 19.8 Å². The summed E-state index contributed by atoms with van der Waals surface area (Å²) in [4.78, 5) is 0. The third-order valence-corrected chi connectivity index (χ3v) is 2.16. The molecule has 5 heteroatoms. The summed E-state index contributed by atoms with van der Waals surface area (Å²) in [5.41, 5.74) is -1.18. The van der Waals surface area contributed by atoms with Gasteiger partial charge in [0.2, 0.25) is 0 Å². The van der Waals surface area contributed by atoms with E-state index in [2.05, 4.69) is 0 Å². The lowest BCUT2D eigenvalue weighted by molar-refractivity contribution is -0.178. The second-order valence-electron chi connectivity index (χ2n) is 3.67. The molecule has 0 aliphatic carbocycles. The van der Waals surface area contributed by atoms with Crippen LogP contribution in [0.1, 0.15) is 13.8 Å². The SMILES string of the molecule is CC1(C)O[C@@H](CO)C(CO)(CO)O1. The van der Waals surface area contributed by atoms with E-state index in [4.69, 9.17) is 24.8 Å². The Morgan fingerprint density at radius 2 is 1.69 bits per heavy atom. The molecule has 3 N–H and O–H groups in total. The molecule has 0 spiro atoms. The van der Waals surface area contributed by atoms with Gasteiger partial charge in [-0.05, 0) is 13.8 Å². The molecule has 0 aromatic heterocycles. The Bertz CT molecular complexity index is 175. The zero-order valence-electron chi connectivity index (χ0n) is 7.86. The van der Waals surface area contributed by atoms with Gasteiger partial charge in [0.15, 0.2) is 5.79 Å². The summed E-state index contributed by atoms with van der Waals surface area (Å²) in [6.07, 6.45) is -0.683. The Hall–Kier alpha value is -0.200. The molecule has 1 heterocycles. The van der Waals surface area contributed by atoms with E-state index in [0.717, 1.165) is 0 Å². The first-order chi connectivity index (χ1) is 5.99. The summed E-state index contributed by atoms with van der Waals surface area (Å²) in [7, 11) is 0. The maximum atomic E-state index is 9.07. The van der Waals surface area contributed by atoms with Crippen LogP contribution < -0.4 is 0 Å². The Labute approximate surface area is 76.9 Å². The summed E-state index contributed by atoms with van der Waals surface area (Å²) < 4.78 is 10.7. The molecule has 0 radical (unpaired) electrons. The number of rotatable bonds is 3. The molecule has 1 aliphatic rings. The van der Waals surface area contributed by atoms with Crippen LogP contribution in [-0.2, 0) is 9.47 Å². The van der Waals surface area contributed by atoms with Gasteiger partial charge in [0.25, 0.3) is 0 Å². The zero-order chi connectivity index (χ0) is 10.1. The van der Waals surface area contributed by atoms with Gasteiger partial charge in [-0.15, -0.1) is 0 Å². The largest absolute Gasteiger partial charge is 0.394 e. The summed E-state index contributed by atoms with van der Waals surface area (Å²) in [5, 5.41) is 27.1. The standard InChI is InChI=1S/C8H16O5/c1-7(2)12-6(3-9)8(4-10,5-11)13-7/h6,9-11H,3-5H2,1-2H3/t6-/m0/s1. The number of hydrogen-bond donors (Lipinski definition) is 3. The highest BCUT2D eigenvalue weighted by Crippen LogP contribution is 2.35. The average Bonchev–Trinajstić information content (AvgIpc) is 2.37. The first kappa shape index (κ1) is 10.9. The summed E-state index contributed by atoms with van der Waals surface area (Å²) in [5.74, 6) is -0.876. The Morgan fingerprint density at radius 3 is 2.00 bits per heavy atom. The highest BCUT2D eigenvalue weighted by molar-refractivity contribution is 4.95. The van der Waals surface area contributed by atoms with Crippen molar-refractivity contribution in [2.24, 2.45) is 0 Å². The van der Waals surface area contributed by atoms with Crippen LogP contribution >= 0.6 is 0 Å². The molecule has 5 nitrogen and oxygen atoms in total. The van der Waals surface area contributed by atoms with Gasteiger partial charge in [-0.25, -0.2) is 0 Å². The second kappa shape index (κ2) is 3.51. The van der Waals surface area contributed by atoms with E-state index in [1.165, 1.54) is 0 Å². The lowest BCUT2D eigenvalue weighted by atomic mass is 10.00. The molecule has 0 aromatic rings. The van der Waals surface area contributed by atoms with E-state index < -0.39 is 17.5 Å². The molecule has 0 saturated carbocycles. The smallest absolute Gasteiger partial charge is 0.164 e. The predicted octanol–water partition coefficient (Wildman–Crippen LogP) is -1.15. The van der Waals surface area contributed by atoms with Crippen LogP contribution in [-0.4, -0.2) is 52.6 Å². The molecular formula is C8H16O5. The number of aliphatic hydroxyl groups is 3. The van der Waals surface area contributed by atoms with Gasteiger partial charge < -0.3 is 24.8 Å². The third kappa shape index (κ3) is 1.84. The predicted molar refractivity (Wildman–Crippen MR) is 44.0 cm³/mol. The van der Waals surface area contributed by atoms with Crippen LogP contribution in [0.25, 0.3) is 0 Å². The fraction of sp³-hybridized carbons (Fsp3) is 1.00. The van der Waals surface area contributed by atoms with Gasteiger partial charge in [0, 0.05) is 0 Å². The lowest BCUT2D eigenvalue weighted by Gasteiger charge is -2.27. The molecule has 1 rings (SSSR count). The van der Waals surface area contributed by atoms with Crippen molar-refractivity contribution >= 4 is 0 Å². The van der Waals surface area contributed by atoms with E-state index in [0.29, 0.717) is 0 Å². The minimum Gasteiger partial charge on any atom is -0.394 e. The number of aliphatic hydroxyl groups excluding tert-OH is 3. The lowest BCUT2D eigenvalue weighted by Crippen LogP contribution is -2.49. The van der Waals surface area contributed by atoms with Crippen molar-refractivity contribution in [3.8, 4) is 0 Å². The monoisotopic (exact) mass is 192 g/mol. The molecule has 1 atom stereocenters. The fourth-order valence-electron chi connectivity index (χ4n) is 1.55. The van der Waals surface area contributed by atoms with Crippen molar-refractivity contribution in [2.45, 2.75) is 31.3 Å². The van der Waals surface area contributed by atoms with Gasteiger partial charge in [-0.1, -0.05) is 0 Å². The minimum absolute atomic E-state index is 0.287. The first-order valence-electron chi connectivity index (χ1n) is 4.20. The fourth-order valence-corrected chi connectivity index (χ4v) is 1.55. The Morgan fingerprint density at radius 1 is 1.15 bits per heavy atom. The maximum Gasteiger partial charge on any atom is 0.164 e. The van der Waals surface area contributed by atoms with Crippen LogP contribution in [0.4, 0.5) is 0 Å². The number of ether oxygens (including phenoxy) is 2. The second-order valence-corrected chi connectivity index (χ2v) is 3.67. The van der Waals surface area contributed by atoms with Crippen LogP contribution in [0, 0.1) is 0 Å². The van der Waals surface area contributed by atoms with Crippen molar-refractivity contribution in [3.63, 3.8) is 0 Å². The van der Waals surface area contributed by atoms with Gasteiger partial charge in [-0.3, -0.25) is 0 Å². The Balaban J connectivity index is 2.83. The minimum atomic E-state index is -1.18. The van der Waals surface area contributed by atoms with Crippen molar-refractivity contribution in [1.29, 1.82) is 0 Å². The van der Waals surface area contributed by atoms with Crippen LogP contribution in [0.15, 0.2) is 0 Å². The van der Waals surface area contributed by atoms with Crippen LogP contribution in [0.3, 0.4) is 0 Å². The van der Waals surface area contributed by atoms with Crippen LogP contribution in [0.2, 0.25) is 0 Å². The van der Waals surface area contributed by atoms with E-state index in [9.17, 15) is 0 Å². The van der Waals surface area contributed by atoms with Crippen LogP contribution in [0.5, 0.6) is 0 Å². The summed E-state index contributed by atoms with van der Waals surface area (Å²) >= 11 is 0. The normalized spacial score (nSPS) is 30.7. The van der Waals surface area contributed by atoms with E-state index in [1.807, 2.05) is 0 Å². The molecule has 0 amide bonds. The molecule has 1 fully saturated rings. The van der Waals surface area contributed by atoms with Crippen molar-refractivity contribution in [1.82, 2.24) is 0 Å². The molecule has 13 heavy (non-hydrogen) atoms. The summed E-state index contributed by atoms with van der Waals surface area (Å²) in [6.45, 7) is 2.30. The molecule has 0 bridgehead atoms.